The second-order valence-corrected chi connectivity index (χ2v) is 13.5. The minimum Gasteiger partial charge on any atom is -0.340 e. The molecule has 42 heavy (non-hydrogen) atoms. The largest absolute Gasteiger partial charge is 0.340 e. The number of nitrogens with zero attached hydrogens (tertiary/aromatic N) is 2. The lowest BCUT2D eigenvalue weighted by atomic mass is 10.0. The molecule has 2 heterocycles. The predicted molar refractivity (Wildman–Crippen MR) is 183 cm³/mol. The van der Waals surface area contributed by atoms with Crippen molar-refractivity contribution < 1.29 is 0 Å². The third-order valence-electron chi connectivity index (χ3n) is 8.32. The summed E-state index contributed by atoms with van der Waals surface area (Å²) in [7, 11) is 0. The molecule has 2 aliphatic heterocycles. The van der Waals surface area contributed by atoms with Gasteiger partial charge >= 0.3 is 0 Å². The average Bonchev–Trinajstić information content (AvgIpc) is 3.03. The first-order valence-electron chi connectivity index (χ1n) is 15.6. The summed E-state index contributed by atoms with van der Waals surface area (Å²) in [5.41, 5.74) is 8.74. The highest BCUT2D eigenvalue weighted by Gasteiger charge is 2.26. The number of para-hydroxylation sites is 1. The van der Waals surface area contributed by atoms with Crippen molar-refractivity contribution in [1.29, 1.82) is 0 Å². The van der Waals surface area contributed by atoms with Crippen LogP contribution in [0.4, 0.5) is 22.7 Å². The molecule has 0 aromatic heterocycles. The molecule has 214 valence electrons. The van der Waals surface area contributed by atoms with Gasteiger partial charge in [-0.2, -0.15) is 0 Å². The summed E-state index contributed by atoms with van der Waals surface area (Å²) in [6.45, 7) is 6.64. The number of hydrogen-bond acceptors (Lipinski definition) is 4. The van der Waals surface area contributed by atoms with Crippen LogP contribution >= 0.6 is 23.5 Å². The third-order valence-corrected chi connectivity index (χ3v) is 10.5. The van der Waals surface area contributed by atoms with Crippen LogP contribution < -0.4 is 9.80 Å². The van der Waals surface area contributed by atoms with Gasteiger partial charge in [-0.15, -0.1) is 6.42 Å². The highest BCUT2D eigenvalue weighted by atomic mass is 32.2. The first-order chi connectivity index (χ1) is 20.7. The Kier molecular flexibility index (Phi) is 9.18. The minimum absolute atomic E-state index is 0.943. The maximum absolute atomic E-state index is 5.78. The first kappa shape index (κ1) is 28.8. The van der Waals surface area contributed by atoms with E-state index in [2.05, 4.69) is 108 Å². The standard InChI is InChI=1S/C38H40N2S2/c1-4-7-9-13-23-39-31-15-11-12-16-35(31)41-37-26-29(18-21-33(37)39)30-19-22-34-38(27-30)42-36-25-28(6-3)17-20-32(36)40(34)24-14-10-8-5-2/h3,11-12,15-22,25-27H,4-5,7-10,13-14,23-24H2,1-2H3. The fraction of sp³-hybridized carbons (Fsp3) is 0.316. The second-order valence-electron chi connectivity index (χ2n) is 11.3. The number of anilines is 4. The number of terminal acetylenes is 1. The fourth-order valence-electron chi connectivity index (χ4n) is 6.04. The summed E-state index contributed by atoms with van der Waals surface area (Å²) >= 11 is 3.75. The molecule has 4 heteroatoms. The Labute approximate surface area is 260 Å². The highest BCUT2D eigenvalue weighted by molar-refractivity contribution is 8.00. The van der Waals surface area contributed by atoms with Gasteiger partial charge in [-0.25, -0.2) is 0 Å². The molecule has 6 rings (SSSR count). The average molecular weight is 589 g/mol. The van der Waals surface area contributed by atoms with E-state index >= 15 is 0 Å². The van der Waals surface area contributed by atoms with Crippen molar-refractivity contribution in [1.82, 2.24) is 0 Å². The van der Waals surface area contributed by atoms with E-state index in [4.69, 9.17) is 6.42 Å². The Bertz CT molecular complexity index is 1600. The lowest BCUT2D eigenvalue weighted by molar-refractivity contribution is 0.665. The van der Waals surface area contributed by atoms with Crippen LogP contribution in [0.15, 0.2) is 98.4 Å². The normalized spacial score (nSPS) is 13.2. The van der Waals surface area contributed by atoms with Gasteiger partial charge in [0.1, 0.15) is 0 Å². The number of unbranched alkanes of at least 4 members (excludes halogenated alkanes) is 6. The zero-order chi connectivity index (χ0) is 28.9. The number of fused-ring (bicyclic) bond motifs is 4. The van der Waals surface area contributed by atoms with E-state index in [9.17, 15) is 0 Å². The zero-order valence-electron chi connectivity index (χ0n) is 24.9. The zero-order valence-corrected chi connectivity index (χ0v) is 26.5. The van der Waals surface area contributed by atoms with Crippen LogP contribution in [-0.2, 0) is 0 Å². The fourth-order valence-corrected chi connectivity index (χ4v) is 8.35. The SMILES string of the molecule is C#Cc1ccc2c(c1)Sc1cc(-c3ccc4c(c3)Sc3ccccc3N4CCCCCC)ccc1N2CCCCCC. The van der Waals surface area contributed by atoms with Crippen molar-refractivity contribution in [2.45, 2.75) is 84.8 Å². The first-order valence-corrected chi connectivity index (χ1v) is 17.2. The number of rotatable bonds is 11. The molecule has 0 N–H and O–H groups in total. The van der Waals surface area contributed by atoms with E-state index < -0.39 is 0 Å². The molecule has 0 saturated carbocycles. The van der Waals surface area contributed by atoms with Crippen molar-refractivity contribution in [3.05, 3.63) is 84.4 Å². The molecule has 0 aliphatic carbocycles. The van der Waals surface area contributed by atoms with Gasteiger partial charge in [0.2, 0.25) is 0 Å². The number of hydrogen-bond donors (Lipinski definition) is 0. The van der Waals surface area contributed by atoms with Crippen LogP contribution in [0.5, 0.6) is 0 Å². The summed E-state index contributed by atoms with van der Waals surface area (Å²) in [6, 6.07) is 29.4. The van der Waals surface area contributed by atoms with Crippen LogP contribution in [0.1, 0.15) is 70.8 Å². The molecule has 0 amide bonds. The van der Waals surface area contributed by atoms with Crippen LogP contribution in [0.3, 0.4) is 0 Å². The maximum atomic E-state index is 5.78. The lowest BCUT2D eigenvalue weighted by Gasteiger charge is -2.34. The summed E-state index contributed by atoms with van der Waals surface area (Å²) in [5.74, 6) is 2.83. The van der Waals surface area contributed by atoms with Gasteiger partial charge < -0.3 is 9.80 Å². The Hall–Kier alpha value is -3.26. The molecule has 0 bridgehead atoms. The van der Waals surface area contributed by atoms with E-state index in [1.165, 1.54) is 105 Å². The molecular formula is C38H40N2S2. The van der Waals surface area contributed by atoms with Crippen molar-refractivity contribution in [3.8, 4) is 23.5 Å². The topological polar surface area (TPSA) is 6.48 Å². The molecule has 0 saturated heterocycles. The van der Waals surface area contributed by atoms with Gasteiger partial charge in [0.25, 0.3) is 0 Å². The Balaban J connectivity index is 1.32. The van der Waals surface area contributed by atoms with Crippen molar-refractivity contribution >= 4 is 46.3 Å². The van der Waals surface area contributed by atoms with Gasteiger partial charge in [0.15, 0.2) is 0 Å². The Morgan fingerprint density at radius 3 is 1.62 bits per heavy atom. The molecule has 0 spiro atoms. The van der Waals surface area contributed by atoms with E-state index in [-0.39, 0.29) is 0 Å². The van der Waals surface area contributed by atoms with Gasteiger partial charge in [0.05, 0.1) is 22.7 Å². The van der Waals surface area contributed by atoms with Crippen LogP contribution in [0.2, 0.25) is 0 Å². The van der Waals surface area contributed by atoms with E-state index in [1.54, 1.807) is 0 Å². The van der Waals surface area contributed by atoms with Gasteiger partial charge in [-0.1, -0.05) is 106 Å². The molecule has 2 aliphatic rings. The third kappa shape index (κ3) is 5.96. The van der Waals surface area contributed by atoms with E-state index in [0.29, 0.717) is 0 Å². The van der Waals surface area contributed by atoms with E-state index in [0.717, 1.165) is 18.7 Å². The lowest BCUT2D eigenvalue weighted by Crippen LogP contribution is -2.22. The maximum Gasteiger partial charge on any atom is 0.0553 e. The Morgan fingerprint density at radius 2 is 1.05 bits per heavy atom. The molecule has 4 aromatic rings. The van der Waals surface area contributed by atoms with Crippen LogP contribution in [0, 0.1) is 12.3 Å². The van der Waals surface area contributed by atoms with Crippen LogP contribution in [0.25, 0.3) is 11.1 Å². The molecule has 0 fully saturated rings. The summed E-state index contributed by atoms with van der Waals surface area (Å²) < 4.78 is 0. The molecule has 0 atom stereocenters. The van der Waals surface area contributed by atoms with Gasteiger partial charge in [-0.3, -0.25) is 0 Å². The quantitative estimate of drug-likeness (QED) is 0.127. The Morgan fingerprint density at radius 1 is 0.548 bits per heavy atom. The molecular weight excluding hydrogens is 549 g/mol. The van der Waals surface area contributed by atoms with Crippen LogP contribution in [-0.4, -0.2) is 13.1 Å². The summed E-state index contributed by atoms with van der Waals surface area (Å²) in [4.78, 5) is 10.3. The monoisotopic (exact) mass is 588 g/mol. The predicted octanol–water partition coefficient (Wildman–Crippen LogP) is 11.7. The van der Waals surface area contributed by atoms with E-state index in [1.807, 2.05) is 23.5 Å². The minimum atomic E-state index is 0.943. The summed E-state index contributed by atoms with van der Waals surface area (Å²) in [5, 5.41) is 0. The molecule has 4 aromatic carbocycles. The second kappa shape index (κ2) is 13.4. The molecule has 0 unspecified atom stereocenters. The number of benzene rings is 4. The highest BCUT2D eigenvalue weighted by Crippen LogP contribution is 2.51. The molecule has 2 nitrogen and oxygen atoms in total. The van der Waals surface area contributed by atoms with Gasteiger partial charge in [-0.05, 0) is 78.6 Å². The van der Waals surface area contributed by atoms with Crippen molar-refractivity contribution in [2.24, 2.45) is 0 Å². The summed E-state index contributed by atoms with van der Waals surface area (Å²) in [6.07, 6.45) is 15.8. The smallest absolute Gasteiger partial charge is 0.0553 e. The van der Waals surface area contributed by atoms with Gasteiger partial charge in [0, 0.05) is 38.2 Å². The van der Waals surface area contributed by atoms with Crippen molar-refractivity contribution in [3.63, 3.8) is 0 Å². The van der Waals surface area contributed by atoms with Crippen molar-refractivity contribution in [2.75, 3.05) is 22.9 Å². The molecule has 0 radical (unpaired) electrons.